The Hall–Kier alpha value is -3.71. The second kappa shape index (κ2) is 7.76. The van der Waals surface area contributed by atoms with Gasteiger partial charge >= 0.3 is 0 Å². The SMILES string of the molecule is COc1ccc(C(=O)N2CCC3C(=O)N(c4ccccc4)NC3(C)c3cccnc32)cc1. The average Bonchev–Trinajstić information content (AvgIpc) is 3.02. The highest BCUT2D eigenvalue weighted by atomic mass is 16.5. The van der Waals surface area contributed by atoms with Crippen LogP contribution in [0, 0.1) is 5.92 Å². The molecule has 162 valence electrons. The number of amides is 2. The molecule has 1 N–H and O–H groups in total. The van der Waals surface area contributed by atoms with Gasteiger partial charge < -0.3 is 4.74 Å². The third-order valence-corrected chi connectivity index (χ3v) is 6.40. The Morgan fingerprint density at radius 3 is 2.56 bits per heavy atom. The minimum atomic E-state index is -0.689. The van der Waals surface area contributed by atoms with Crippen LogP contribution in [0.15, 0.2) is 72.9 Å². The fourth-order valence-corrected chi connectivity index (χ4v) is 4.67. The molecule has 32 heavy (non-hydrogen) atoms. The van der Waals surface area contributed by atoms with Gasteiger partial charge in [-0.3, -0.25) is 14.5 Å². The van der Waals surface area contributed by atoms with Gasteiger partial charge in [-0.2, -0.15) is 0 Å². The Kier molecular flexibility index (Phi) is 4.90. The number of rotatable bonds is 3. The number of fused-ring (bicyclic) bond motifs is 3. The second-order valence-corrected chi connectivity index (χ2v) is 8.22. The zero-order valence-corrected chi connectivity index (χ0v) is 18.0. The van der Waals surface area contributed by atoms with Crippen LogP contribution in [0.3, 0.4) is 0 Å². The normalized spacial score (nSPS) is 22.2. The van der Waals surface area contributed by atoms with Crippen molar-refractivity contribution in [1.29, 1.82) is 0 Å². The minimum absolute atomic E-state index is 0.00718. The molecule has 0 radical (unpaired) electrons. The molecule has 1 saturated heterocycles. The van der Waals surface area contributed by atoms with E-state index < -0.39 is 5.54 Å². The van der Waals surface area contributed by atoms with Crippen molar-refractivity contribution in [3.63, 3.8) is 0 Å². The van der Waals surface area contributed by atoms with Crippen molar-refractivity contribution >= 4 is 23.3 Å². The lowest BCUT2D eigenvalue weighted by atomic mass is 9.80. The molecule has 0 bridgehead atoms. The van der Waals surface area contributed by atoms with E-state index in [2.05, 4.69) is 10.4 Å². The highest BCUT2D eigenvalue weighted by molar-refractivity contribution is 6.07. The van der Waals surface area contributed by atoms with Crippen LogP contribution in [0.1, 0.15) is 29.3 Å². The largest absolute Gasteiger partial charge is 0.497 e. The predicted octanol–water partition coefficient (Wildman–Crippen LogP) is 3.52. The molecule has 2 aliphatic heterocycles. The number of para-hydroxylation sites is 1. The fourth-order valence-electron chi connectivity index (χ4n) is 4.67. The van der Waals surface area contributed by atoms with Crippen molar-refractivity contribution in [1.82, 2.24) is 10.4 Å². The lowest BCUT2D eigenvalue weighted by Crippen LogP contribution is -2.44. The van der Waals surface area contributed by atoms with Crippen LogP contribution in [-0.2, 0) is 10.3 Å². The molecule has 3 heterocycles. The molecule has 1 fully saturated rings. The molecule has 1 aromatic heterocycles. The van der Waals surface area contributed by atoms with E-state index in [1.165, 1.54) is 0 Å². The van der Waals surface area contributed by atoms with E-state index in [-0.39, 0.29) is 17.7 Å². The van der Waals surface area contributed by atoms with Crippen molar-refractivity contribution in [2.45, 2.75) is 18.9 Å². The van der Waals surface area contributed by atoms with Crippen LogP contribution in [0.5, 0.6) is 5.75 Å². The van der Waals surface area contributed by atoms with Crippen LogP contribution in [-0.4, -0.2) is 30.5 Å². The summed E-state index contributed by atoms with van der Waals surface area (Å²) in [5.74, 6) is 0.775. The number of methoxy groups -OCH3 is 1. The van der Waals surface area contributed by atoms with E-state index in [4.69, 9.17) is 4.74 Å². The maximum Gasteiger partial charge on any atom is 0.259 e. The maximum atomic E-state index is 13.5. The smallest absolute Gasteiger partial charge is 0.259 e. The minimum Gasteiger partial charge on any atom is -0.497 e. The van der Waals surface area contributed by atoms with Gasteiger partial charge in [0.15, 0.2) is 0 Å². The van der Waals surface area contributed by atoms with E-state index >= 15 is 0 Å². The molecule has 0 saturated carbocycles. The number of anilines is 2. The van der Waals surface area contributed by atoms with Crippen LogP contribution < -0.4 is 20.1 Å². The molecule has 3 aromatic rings. The number of carbonyl (C=O) groups excluding carboxylic acids is 2. The zero-order valence-electron chi connectivity index (χ0n) is 18.0. The molecule has 7 heteroatoms. The molecule has 0 spiro atoms. The summed E-state index contributed by atoms with van der Waals surface area (Å²) in [5, 5.41) is 1.63. The number of benzene rings is 2. The van der Waals surface area contributed by atoms with E-state index in [0.717, 1.165) is 11.3 Å². The van der Waals surface area contributed by atoms with Gasteiger partial charge in [0.2, 0.25) is 5.91 Å². The number of hydrogen-bond donors (Lipinski definition) is 1. The zero-order chi connectivity index (χ0) is 22.3. The third-order valence-electron chi connectivity index (χ3n) is 6.40. The summed E-state index contributed by atoms with van der Waals surface area (Å²) >= 11 is 0. The van der Waals surface area contributed by atoms with E-state index in [1.807, 2.05) is 49.4 Å². The summed E-state index contributed by atoms with van der Waals surface area (Å²) in [6.07, 6.45) is 2.20. The molecule has 0 aliphatic carbocycles. The molecule has 2 amide bonds. The topological polar surface area (TPSA) is 74.8 Å². The van der Waals surface area contributed by atoms with Crippen molar-refractivity contribution in [3.8, 4) is 5.75 Å². The van der Waals surface area contributed by atoms with Gasteiger partial charge in [-0.15, -0.1) is 0 Å². The third kappa shape index (κ3) is 3.13. The molecule has 2 atom stereocenters. The second-order valence-electron chi connectivity index (χ2n) is 8.22. The lowest BCUT2D eigenvalue weighted by Gasteiger charge is -2.30. The van der Waals surface area contributed by atoms with Gasteiger partial charge in [0.1, 0.15) is 11.6 Å². The van der Waals surface area contributed by atoms with Gasteiger partial charge in [-0.1, -0.05) is 24.3 Å². The first-order valence-electron chi connectivity index (χ1n) is 10.6. The van der Waals surface area contributed by atoms with Gasteiger partial charge in [-0.25, -0.2) is 15.4 Å². The maximum absolute atomic E-state index is 13.5. The van der Waals surface area contributed by atoms with Crippen LogP contribution in [0.4, 0.5) is 11.5 Å². The van der Waals surface area contributed by atoms with Crippen LogP contribution >= 0.6 is 0 Å². The Morgan fingerprint density at radius 2 is 1.84 bits per heavy atom. The van der Waals surface area contributed by atoms with Gasteiger partial charge in [0.25, 0.3) is 5.91 Å². The summed E-state index contributed by atoms with van der Waals surface area (Å²) in [6.45, 7) is 2.41. The summed E-state index contributed by atoms with van der Waals surface area (Å²) in [4.78, 5) is 33.1. The highest BCUT2D eigenvalue weighted by Gasteiger charge is 2.53. The fraction of sp³-hybridized carbons (Fsp3) is 0.240. The Labute approximate surface area is 186 Å². The summed E-state index contributed by atoms with van der Waals surface area (Å²) in [7, 11) is 1.59. The average molecular weight is 428 g/mol. The highest BCUT2D eigenvalue weighted by Crippen LogP contribution is 2.45. The van der Waals surface area contributed by atoms with Crippen LogP contribution in [0.25, 0.3) is 0 Å². The lowest BCUT2D eigenvalue weighted by molar-refractivity contribution is -0.121. The molecule has 7 nitrogen and oxygen atoms in total. The van der Waals surface area contributed by atoms with Crippen molar-refractivity contribution < 1.29 is 14.3 Å². The van der Waals surface area contributed by atoms with Crippen molar-refractivity contribution in [3.05, 3.63) is 84.1 Å². The molecule has 2 unspecified atom stereocenters. The molecular formula is C25H24N4O3. The van der Waals surface area contributed by atoms with Crippen LogP contribution in [0.2, 0.25) is 0 Å². The predicted molar refractivity (Wildman–Crippen MR) is 121 cm³/mol. The first-order chi connectivity index (χ1) is 15.5. The number of hydrazine groups is 1. The summed E-state index contributed by atoms with van der Waals surface area (Å²) < 4.78 is 5.20. The van der Waals surface area contributed by atoms with Gasteiger partial charge in [0, 0.05) is 23.9 Å². The number of nitrogens with zero attached hydrogens (tertiary/aromatic N) is 3. The molecular weight excluding hydrogens is 404 g/mol. The molecule has 2 aliphatic rings. The Bertz CT molecular complexity index is 1170. The quantitative estimate of drug-likeness (QED) is 0.691. The number of carbonyl (C=O) groups is 2. The van der Waals surface area contributed by atoms with E-state index in [1.54, 1.807) is 47.5 Å². The number of hydrogen-bond acceptors (Lipinski definition) is 5. The first kappa shape index (κ1) is 20.2. The van der Waals surface area contributed by atoms with E-state index in [9.17, 15) is 9.59 Å². The standard InChI is InChI=1S/C25H24N4O3/c1-25-20-9-6-15-26-22(20)28(23(30)17-10-12-19(32-2)13-11-17)16-14-21(25)24(31)29(27-25)18-7-4-3-5-8-18/h3-13,15,21,27H,14,16H2,1-2H3. The number of nitrogens with one attached hydrogen (secondary N) is 1. The van der Waals surface area contributed by atoms with Crippen molar-refractivity contribution in [2.75, 3.05) is 23.6 Å². The molecule has 2 aromatic carbocycles. The Balaban J connectivity index is 1.54. The summed E-state index contributed by atoms with van der Waals surface area (Å²) in [5.41, 5.74) is 4.92. The first-order valence-corrected chi connectivity index (χ1v) is 10.6. The van der Waals surface area contributed by atoms with Crippen molar-refractivity contribution in [2.24, 2.45) is 5.92 Å². The number of aromatic nitrogens is 1. The monoisotopic (exact) mass is 428 g/mol. The summed E-state index contributed by atoms with van der Waals surface area (Å²) in [6, 6.07) is 20.4. The number of pyridine rings is 1. The number of ether oxygens (including phenoxy) is 1. The van der Waals surface area contributed by atoms with Gasteiger partial charge in [0.05, 0.1) is 24.3 Å². The molecule has 5 rings (SSSR count). The van der Waals surface area contributed by atoms with Gasteiger partial charge in [-0.05, 0) is 55.8 Å². The Morgan fingerprint density at radius 1 is 1.09 bits per heavy atom. The van der Waals surface area contributed by atoms with E-state index in [0.29, 0.717) is 30.1 Å².